The maximum absolute atomic E-state index is 12.9. The molecule has 2 aromatic carbocycles. The van der Waals surface area contributed by atoms with Crippen LogP contribution in [0.2, 0.25) is 0 Å². The Morgan fingerprint density at radius 2 is 1.77 bits per heavy atom. The Morgan fingerprint density at radius 1 is 1.00 bits per heavy atom. The maximum Gasteiger partial charge on any atom is 0.261 e. The largest absolute Gasteiger partial charge is 0.372 e. The van der Waals surface area contributed by atoms with Crippen LogP contribution >= 0.6 is 0 Å². The molecule has 160 valence electrons. The molecule has 0 saturated carbocycles. The van der Waals surface area contributed by atoms with Crippen LogP contribution in [0.4, 0.5) is 5.69 Å². The third kappa shape index (κ3) is 3.47. The van der Waals surface area contributed by atoms with Crippen molar-refractivity contribution in [2.45, 2.75) is 43.5 Å². The second kappa shape index (κ2) is 7.17. The van der Waals surface area contributed by atoms with Crippen molar-refractivity contribution in [2.75, 3.05) is 4.72 Å². The predicted octanol–water partition coefficient (Wildman–Crippen LogP) is 1.28. The summed E-state index contributed by atoms with van der Waals surface area (Å²) < 4.78 is 33.5. The Kier molecular flexibility index (Phi) is 4.56. The lowest BCUT2D eigenvalue weighted by Gasteiger charge is -2.29. The summed E-state index contributed by atoms with van der Waals surface area (Å²) in [4.78, 5) is 38.0. The number of benzene rings is 2. The van der Waals surface area contributed by atoms with E-state index in [1.807, 2.05) is 0 Å². The van der Waals surface area contributed by atoms with Crippen molar-refractivity contribution in [3.63, 3.8) is 0 Å². The lowest BCUT2D eigenvalue weighted by molar-refractivity contribution is -0.136. The molecule has 0 radical (unpaired) electrons. The monoisotopic (exact) mass is 441 g/mol. The summed E-state index contributed by atoms with van der Waals surface area (Å²) >= 11 is 0. The molecule has 0 bridgehead atoms. The van der Waals surface area contributed by atoms with Gasteiger partial charge in [0.1, 0.15) is 6.04 Å². The highest BCUT2D eigenvalue weighted by Crippen LogP contribution is 2.30. The molecule has 10 heteroatoms. The average molecular weight is 441 g/mol. The number of nitrogens with one attached hydrogen (secondary N) is 2. The van der Waals surface area contributed by atoms with Crippen LogP contribution < -0.4 is 10.0 Å². The first kappa shape index (κ1) is 19.7. The number of carbonyl (C=O) groups excluding carboxylic acids is 3. The van der Waals surface area contributed by atoms with Crippen LogP contribution in [0.3, 0.4) is 0 Å². The van der Waals surface area contributed by atoms with E-state index in [0.717, 1.165) is 11.1 Å². The Hall–Kier alpha value is -3.24. The van der Waals surface area contributed by atoms with Crippen molar-refractivity contribution in [3.05, 3.63) is 58.7 Å². The Balaban J connectivity index is 1.37. The SMILES string of the molecule is O=C1CCC(N2Cc3ccc(NS(=O)(=O)c4ccc5c(c4)COC5)cc3C2=O)C(=O)N1. The van der Waals surface area contributed by atoms with E-state index >= 15 is 0 Å². The predicted molar refractivity (Wildman–Crippen MR) is 108 cm³/mol. The number of imide groups is 1. The fourth-order valence-electron chi connectivity index (χ4n) is 4.15. The number of piperidine rings is 1. The number of hydrogen-bond donors (Lipinski definition) is 2. The minimum absolute atomic E-state index is 0.119. The second-order valence-electron chi connectivity index (χ2n) is 7.80. The molecule has 5 rings (SSSR count). The average Bonchev–Trinajstić information content (AvgIpc) is 3.32. The van der Waals surface area contributed by atoms with Gasteiger partial charge in [0, 0.05) is 24.2 Å². The Bertz CT molecular complexity index is 1240. The molecule has 0 aromatic heterocycles. The van der Waals surface area contributed by atoms with Gasteiger partial charge in [-0.25, -0.2) is 8.42 Å². The summed E-state index contributed by atoms with van der Waals surface area (Å²) in [5.41, 5.74) is 3.11. The molecule has 2 N–H and O–H groups in total. The molecule has 3 heterocycles. The van der Waals surface area contributed by atoms with Crippen LogP contribution in [0, 0.1) is 0 Å². The number of anilines is 1. The zero-order valence-electron chi connectivity index (χ0n) is 16.4. The fourth-order valence-corrected chi connectivity index (χ4v) is 5.25. The number of amides is 3. The summed E-state index contributed by atoms with van der Waals surface area (Å²) in [5.74, 6) is -1.20. The standard InChI is InChI=1S/C21H19N3O6S/c25-19-6-5-18(20(26)22-19)24-9-12-1-3-15(8-17(12)21(24)27)23-31(28,29)16-4-2-13-10-30-11-14(13)7-16/h1-4,7-8,18,23H,5-6,9-11H2,(H,22,25,26). The smallest absolute Gasteiger partial charge is 0.261 e. The fraction of sp³-hybridized carbons (Fsp3) is 0.286. The number of hydrogen-bond acceptors (Lipinski definition) is 6. The normalized spacial score (nSPS) is 20.5. The van der Waals surface area contributed by atoms with E-state index in [2.05, 4.69) is 10.0 Å². The van der Waals surface area contributed by atoms with Crippen LogP contribution in [-0.4, -0.2) is 37.1 Å². The van der Waals surface area contributed by atoms with Gasteiger partial charge < -0.3 is 9.64 Å². The van der Waals surface area contributed by atoms with Crippen LogP contribution in [0.25, 0.3) is 0 Å². The van der Waals surface area contributed by atoms with Gasteiger partial charge in [0.05, 0.1) is 18.1 Å². The van der Waals surface area contributed by atoms with E-state index < -0.39 is 22.0 Å². The minimum atomic E-state index is -3.85. The van der Waals surface area contributed by atoms with Gasteiger partial charge in [0.25, 0.3) is 15.9 Å². The van der Waals surface area contributed by atoms with Gasteiger partial charge in [0.15, 0.2) is 0 Å². The summed E-state index contributed by atoms with van der Waals surface area (Å²) in [7, 11) is -3.85. The quantitative estimate of drug-likeness (QED) is 0.690. The molecular formula is C21H19N3O6S. The zero-order valence-corrected chi connectivity index (χ0v) is 17.2. The molecule has 9 nitrogen and oxygen atoms in total. The number of sulfonamides is 1. The minimum Gasteiger partial charge on any atom is -0.372 e. The third-order valence-electron chi connectivity index (χ3n) is 5.78. The highest BCUT2D eigenvalue weighted by molar-refractivity contribution is 7.92. The van der Waals surface area contributed by atoms with Crippen molar-refractivity contribution in [3.8, 4) is 0 Å². The van der Waals surface area contributed by atoms with E-state index in [1.165, 1.54) is 17.0 Å². The third-order valence-corrected chi connectivity index (χ3v) is 7.16. The van der Waals surface area contributed by atoms with Crippen LogP contribution in [0.1, 0.15) is 39.9 Å². The highest BCUT2D eigenvalue weighted by atomic mass is 32.2. The molecule has 0 spiro atoms. The summed E-state index contributed by atoms with van der Waals surface area (Å²) in [6.45, 7) is 1.08. The molecular weight excluding hydrogens is 422 g/mol. The molecule has 3 amide bonds. The van der Waals surface area contributed by atoms with Crippen molar-refractivity contribution >= 4 is 33.4 Å². The number of rotatable bonds is 4. The van der Waals surface area contributed by atoms with E-state index in [1.54, 1.807) is 24.3 Å². The van der Waals surface area contributed by atoms with Gasteiger partial charge in [-0.15, -0.1) is 0 Å². The second-order valence-corrected chi connectivity index (χ2v) is 9.48. The first-order valence-electron chi connectivity index (χ1n) is 9.82. The maximum atomic E-state index is 12.9. The first-order valence-corrected chi connectivity index (χ1v) is 11.3. The number of ether oxygens (including phenoxy) is 1. The van der Waals surface area contributed by atoms with Gasteiger partial charge in [-0.3, -0.25) is 24.4 Å². The number of carbonyl (C=O) groups is 3. The Morgan fingerprint density at radius 3 is 2.58 bits per heavy atom. The van der Waals surface area contributed by atoms with Crippen LogP contribution in [-0.2, 0) is 44.1 Å². The van der Waals surface area contributed by atoms with E-state index in [4.69, 9.17) is 4.74 Å². The van der Waals surface area contributed by atoms with Gasteiger partial charge in [-0.2, -0.15) is 0 Å². The molecule has 1 unspecified atom stereocenters. The van der Waals surface area contributed by atoms with Gasteiger partial charge >= 0.3 is 0 Å². The van der Waals surface area contributed by atoms with Gasteiger partial charge in [-0.1, -0.05) is 12.1 Å². The molecule has 3 aliphatic heterocycles. The van der Waals surface area contributed by atoms with Crippen LogP contribution in [0.15, 0.2) is 41.3 Å². The molecule has 3 aliphatic rings. The zero-order chi connectivity index (χ0) is 21.8. The van der Waals surface area contributed by atoms with Crippen molar-refractivity contribution < 1.29 is 27.5 Å². The number of fused-ring (bicyclic) bond motifs is 2. The van der Waals surface area contributed by atoms with Crippen molar-refractivity contribution in [1.29, 1.82) is 0 Å². The summed E-state index contributed by atoms with van der Waals surface area (Å²) in [6.07, 6.45) is 0.444. The molecule has 1 atom stereocenters. The van der Waals surface area contributed by atoms with Gasteiger partial charge in [0.2, 0.25) is 11.8 Å². The molecule has 31 heavy (non-hydrogen) atoms. The highest BCUT2D eigenvalue weighted by Gasteiger charge is 2.39. The molecule has 2 aromatic rings. The Labute approximate surface area is 178 Å². The molecule has 0 aliphatic carbocycles. The number of nitrogens with zero attached hydrogens (tertiary/aromatic N) is 1. The summed E-state index contributed by atoms with van der Waals surface area (Å²) in [6, 6.07) is 8.89. The van der Waals surface area contributed by atoms with E-state index in [0.29, 0.717) is 24.3 Å². The summed E-state index contributed by atoms with van der Waals surface area (Å²) in [5, 5.41) is 2.26. The van der Waals surface area contributed by atoms with Crippen molar-refractivity contribution in [2.24, 2.45) is 0 Å². The van der Waals surface area contributed by atoms with E-state index in [9.17, 15) is 22.8 Å². The molecule has 1 saturated heterocycles. The van der Waals surface area contributed by atoms with Gasteiger partial charge in [-0.05, 0) is 47.4 Å². The first-order chi connectivity index (χ1) is 14.8. The lowest BCUT2D eigenvalue weighted by Crippen LogP contribution is -2.52. The van der Waals surface area contributed by atoms with Crippen LogP contribution in [0.5, 0.6) is 0 Å². The van der Waals surface area contributed by atoms with Crippen molar-refractivity contribution in [1.82, 2.24) is 10.2 Å². The lowest BCUT2D eigenvalue weighted by atomic mass is 10.0. The molecule has 1 fully saturated rings. The topological polar surface area (TPSA) is 122 Å². The van der Waals surface area contributed by atoms with E-state index in [-0.39, 0.29) is 41.8 Å².